The number of ketones is 1. The van der Waals surface area contributed by atoms with E-state index < -0.39 is 0 Å². The zero-order valence-electron chi connectivity index (χ0n) is 10.9. The summed E-state index contributed by atoms with van der Waals surface area (Å²) in [5.74, 6) is 0.887. The second-order valence-corrected chi connectivity index (χ2v) is 4.15. The minimum Gasteiger partial charge on any atom is -0.493 e. The Bertz CT molecular complexity index is 446. The molecule has 1 rings (SSSR count). The first kappa shape index (κ1) is 14.8. The number of nitrogens with two attached hydrogens (primary N) is 1. The van der Waals surface area contributed by atoms with Crippen LogP contribution in [-0.2, 0) is 6.42 Å². The SMILES string of the molecule is CCc1c(C(=O)CCN)cc(OC)c(OC)c1Cl. The number of ether oxygens (including phenoxy) is 2. The normalized spacial score (nSPS) is 10.3. The molecule has 1 aromatic rings. The first-order chi connectivity index (χ1) is 8.60. The van der Waals surface area contributed by atoms with Crippen molar-refractivity contribution in [3.05, 3.63) is 22.2 Å². The summed E-state index contributed by atoms with van der Waals surface area (Å²) < 4.78 is 10.4. The van der Waals surface area contributed by atoms with E-state index in [1.165, 1.54) is 14.2 Å². The Kier molecular flexibility index (Phi) is 5.44. The molecule has 4 nitrogen and oxygen atoms in total. The van der Waals surface area contributed by atoms with Gasteiger partial charge in [-0.3, -0.25) is 4.79 Å². The molecule has 0 spiro atoms. The first-order valence-corrected chi connectivity index (χ1v) is 6.15. The van der Waals surface area contributed by atoms with E-state index >= 15 is 0 Å². The number of rotatable bonds is 6. The third kappa shape index (κ3) is 2.76. The van der Waals surface area contributed by atoms with Crippen LogP contribution in [0.3, 0.4) is 0 Å². The molecule has 2 N–H and O–H groups in total. The van der Waals surface area contributed by atoms with Gasteiger partial charge in [-0.1, -0.05) is 18.5 Å². The van der Waals surface area contributed by atoms with Crippen LogP contribution in [0.25, 0.3) is 0 Å². The molecule has 0 saturated carbocycles. The van der Waals surface area contributed by atoms with Crippen LogP contribution in [-0.4, -0.2) is 26.5 Å². The molecule has 0 atom stereocenters. The highest BCUT2D eigenvalue weighted by Gasteiger charge is 2.20. The molecule has 0 aliphatic carbocycles. The Labute approximate surface area is 112 Å². The third-order valence-corrected chi connectivity index (χ3v) is 3.14. The van der Waals surface area contributed by atoms with Gasteiger partial charge < -0.3 is 15.2 Å². The Morgan fingerprint density at radius 2 is 2.06 bits per heavy atom. The topological polar surface area (TPSA) is 61.6 Å². The van der Waals surface area contributed by atoms with E-state index in [1.807, 2.05) is 6.92 Å². The maximum atomic E-state index is 12.0. The van der Waals surface area contributed by atoms with Gasteiger partial charge in [0.05, 0.1) is 19.2 Å². The number of hydrogen-bond donors (Lipinski definition) is 1. The lowest BCUT2D eigenvalue weighted by molar-refractivity contribution is 0.0984. The van der Waals surface area contributed by atoms with Gasteiger partial charge in [-0.25, -0.2) is 0 Å². The fourth-order valence-corrected chi connectivity index (χ4v) is 2.25. The Morgan fingerprint density at radius 3 is 2.50 bits per heavy atom. The highest BCUT2D eigenvalue weighted by molar-refractivity contribution is 6.33. The van der Waals surface area contributed by atoms with Gasteiger partial charge in [0.2, 0.25) is 0 Å². The molecule has 100 valence electrons. The molecule has 0 aliphatic rings. The monoisotopic (exact) mass is 271 g/mol. The van der Waals surface area contributed by atoms with Crippen LogP contribution in [0.4, 0.5) is 0 Å². The van der Waals surface area contributed by atoms with Crippen molar-refractivity contribution in [1.29, 1.82) is 0 Å². The van der Waals surface area contributed by atoms with Crippen molar-refractivity contribution < 1.29 is 14.3 Å². The Morgan fingerprint density at radius 1 is 1.39 bits per heavy atom. The van der Waals surface area contributed by atoms with Crippen LogP contribution in [0, 0.1) is 0 Å². The van der Waals surface area contributed by atoms with Gasteiger partial charge in [-0.2, -0.15) is 0 Å². The molecular formula is C13H18ClNO3. The molecule has 18 heavy (non-hydrogen) atoms. The predicted octanol–water partition coefficient (Wildman–Crippen LogP) is 2.45. The molecule has 0 fully saturated rings. The summed E-state index contributed by atoms with van der Waals surface area (Å²) in [5.41, 5.74) is 6.75. The molecule has 0 aromatic heterocycles. The second kappa shape index (κ2) is 6.61. The Hall–Kier alpha value is -1.26. The van der Waals surface area contributed by atoms with Gasteiger partial charge in [0.25, 0.3) is 0 Å². The van der Waals surface area contributed by atoms with E-state index in [1.54, 1.807) is 6.07 Å². The average Bonchev–Trinajstić information content (AvgIpc) is 2.37. The second-order valence-electron chi connectivity index (χ2n) is 3.77. The van der Waals surface area contributed by atoms with Crippen molar-refractivity contribution in [3.8, 4) is 11.5 Å². The maximum absolute atomic E-state index is 12.0. The van der Waals surface area contributed by atoms with Crippen LogP contribution in [0.15, 0.2) is 6.07 Å². The summed E-state index contributed by atoms with van der Waals surface area (Å²) in [7, 11) is 3.03. The summed E-state index contributed by atoms with van der Waals surface area (Å²) in [6.07, 6.45) is 0.934. The first-order valence-electron chi connectivity index (χ1n) is 5.77. The smallest absolute Gasteiger partial charge is 0.179 e. The van der Waals surface area contributed by atoms with Crippen molar-refractivity contribution in [3.63, 3.8) is 0 Å². The number of Topliss-reactive ketones (excluding diaryl/α,β-unsaturated/α-hetero) is 1. The van der Waals surface area contributed by atoms with Crippen LogP contribution >= 0.6 is 11.6 Å². The zero-order chi connectivity index (χ0) is 13.7. The van der Waals surface area contributed by atoms with E-state index in [0.717, 1.165) is 5.56 Å². The molecule has 0 aliphatic heterocycles. The fourth-order valence-electron chi connectivity index (χ4n) is 1.85. The summed E-state index contributed by atoms with van der Waals surface area (Å²) in [4.78, 5) is 12.0. The van der Waals surface area contributed by atoms with Crippen molar-refractivity contribution in [1.82, 2.24) is 0 Å². The molecule has 1 aromatic carbocycles. The molecule has 0 saturated heterocycles. The quantitative estimate of drug-likeness (QED) is 0.808. The lowest BCUT2D eigenvalue weighted by Gasteiger charge is -2.16. The summed E-state index contributed by atoms with van der Waals surface area (Å²) in [6.45, 7) is 2.25. The lowest BCUT2D eigenvalue weighted by Crippen LogP contribution is -2.11. The van der Waals surface area contributed by atoms with E-state index in [2.05, 4.69) is 0 Å². The van der Waals surface area contributed by atoms with E-state index in [9.17, 15) is 4.79 Å². The summed E-state index contributed by atoms with van der Waals surface area (Å²) >= 11 is 6.25. The third-order valence-electron chi connectivity index (χ3n) is 2.74. The van der Waals surface area contributed by atoms with Crippen LogP contribution in [0.5, 0.6) is 11.5 Å². The van der Waals surface area contributed by atoms with Crippen molar-refractivity contribution in [2.45, 2.75) is 19.8 Å². The molecule has 5 heteroatoms. The van der Waals surface area contributed by atoms with Crippen molar-refractivity contribution in [2.24, 2.45) is 5.73 Å². The van der Waals surface area contributed by atoms with Crippen LogP contribution < -0.4 is 15.2 Å². The van der Waals surface area contributed by atoms with Crippen molar-refractivity contribution in [2.75, 3.05) is 20.8 Å². The van der Waals surface area contributed by atoms with Gasteiger partial charge in [-0.05, 0) is 24.6 Å². The van der Waals surface area contributed by atoms with E-state index in [-0.39, 0.29) is 5.78 Å². The zero-order valence-corrected chi connectivity index (χ0v) is 11.6. The number of hydrogen-bond acceptors (Lipinski definition) is 4. The lowest BCUT2D eigenvalue weighted by atomic mass is 9.98. The number of halogens is 1. The molecule has 0 amide bonds. The molecule has 0 heterocycles. The van der Waals surface area contributed by atoms with Gasteiger partial charge in [0.15, 0.2) is 17.3 Å². The van der Waals surface area contributed by atoms with Gasteiger partial charge in [-0.15, -0.1) is 0 Å². The summed E-state index contributed by atoms with van der Waals surface area (Å²) in [5, 5.41) is 0.430. The predicted molar refractivity (Wildman–Crippen MR) is 71.9 cm³/mol. The Balaban J connectivity index is 3.42. The fraction of sp³-hybridized carbons (Fsp3) is 0.462. The van der Waals surface area contributed by atoms with Crippen LogP contribution in [0.1, 0.15) is 29.3 Å². The van der Waals surface area contributed by atoms with Gasteiger partial charge in [0, 0.05) is 12.0 Å². The number of benzene rings is 1. The minimum absolute atomic E-state index is 0.0304. The minimum atomic E-state index is -0.0304. The van der Waals surface area contributed by atoms with Gasteiger partial charge in [0.1, 0.15) is 0 Å². The number of carbonyl (C=O) groups excluding carboxylic acids is 1. The standard InChI is InChI=1S/C13H18ClNO3/c1-4-8-9(10(16)5-6-15)7-11(17-2)13(18-3)12(8)14/h7H,4-6,15H2,1-3H3. The molecule has 0 radical (unpaired) electrons. The van der Waals surface area contributed by atoms with Gasteiger partial charge >= 0.3 is 0 Å². The highest BCUT2D eigenvalue weighted by atomic mass is 35.5. The van der Waals surface area contributed by atoms with E-state index in [0.29, 0.717) is 41.5 Å². The van der Waals surface area contributed by atoms with Crippen molar-refractivity contribution >= 4 is 17.4 Å². The van der Waals surface area contributed by atoms with E-state index in [4.69, 9.17) is 26.8 Å². The molecule has 0 bridgehead atoms. The maximum Gasteiger partial charge on any atom is 0.179 e. The number of carbonyl (C=O) groups is 1. The molecular weight excluding hydrogens is 254 g/mol. The van der Waals surface area contributed by atoms with Crippen LogP contribution in [0.2, 0.25) is 5.02 Å². The number of methoxy groups -OCH3 is 2. The molecule has 0 unspecified atom stereocenters. The summed E-state index contributed by atoms with van der Waals surface area (Å²) in [6, 6.07) is 1.67. The highest BCUT2D eigenvalue weighted by Crippen LogP contribution is 2.40. The largest absolute Gasteiger partial charge is 0.493 e. The average molecular weight is 272 g/mol.